The minimum absolute atomic E-state index is 0.0493. The van der Waals surface area contributed by atoms with Gasteiger partial charge in [0.2, 0.25) is 5.96 Å². The van der Waals surface area contributed by atoms with Crippen LogP contribution >= 0.6 is 15.9 Å². The molecular formula is C10H12BrN5O4. The zero-order valence-corrected chi connectivity index (χ0v) is 11.9. The van der Waals surface area contributed by atoms with Gasteiger partial charge in [-0.2, -0.15) is 5.10 Å². The van der Waals surface area contributed by atoms with Crippen LogP contribution in [0.3, 0.4) is 0 Å². The Morgan fingerprint density at radius 3 is 2.65 bits per heavy atom. The number of aliphatic carboxylic acids is 1. The fraction of sp³-hybridized carbons (Fsp3) is 0.100. The van der Waals surface area contributed by atoms with Gasteiger partial charge in [-0.05, 0) is 22.0 Å². The number of rotatable bonds is 3. The van der Waals surface area contributed by atoms with E-state index in [1.807, 2.05) is 0 Å². The number of nitro benzene ring substituents is 1. The van der Waals surface area contributed by atoms with Crippen molar-refractivity contribution in [1.82, 2.24) is 5.43 Å². The molecule has 0 unspecified atom stereocenters. The maximum absolute atomic E-state index is 10.6. The predicted molar refractivity (Wildman–Crippen MR) is 76.8 cm³/mol. The predicted octanol–water partition coefficient (Wildman–Crippen LogP) is 1.27. The number of hydrogen-bond acceptors (Lipinski definition) is 5. The first-order valence-corrected chi connectivity index (χ1v) is 5.80. The molecule has 0 heterocycles. The first-order valence-electron chi connectivity index (χ1n) is 5.00. The van der Waals surface area contributed by atoms with E-state index in [9.17, 15) is 10.1 Å². The van der Waals surface area contributed by atoms with Gasteiger partial charge in [-0.1, -0.05) is 6.07 Å². The second-order valence-electron chi connectivity index (χ2n) is 3.27. The Morgan fingerprint density at radius 1 is 1.65 bits per heavy atom. The van der Waals surface area contributed by atoms with Crippen LogP contribution in [0.25, 0.3) is 0 Å². The molecule has 1 rings (SSSR count). The van der Waals surface area contributed by atoms with Crippen molar-refractivity contribution in [3.63, 3.8) is 0 Å². The van der Waals surface area contributed by atoms with Crippen LogP contribution in [0.15, 0.2) is 27.8 Å². The van der Waals surface area contributed by atoms with Crippen LogP contribution in [0.2, 0.25) is 0 Å². The Balaban J connectivity index is 0.000000796. The summed E-state index contributed by atoms with van der Waals surface area (Å²) >= 11 is 3.07. The van der Waals surface area contributed by atoms with Gasteiger partial charge in [0.15, 0.2) is 0 Å². The number of carbonyl (C=O) groups is 1. The number of benzene rings is 1. The molecule has 1 aromatic rings. The summed E-state index contributed by atoms with van der Waals surface area (Å²) in [6.07, 6.45) is 1.33. The van der Waals surface area contributed by atoms with Crippen LogP contribution in [0, 0.1) is 15.5 Å². The van der Waals surface area contributed by atoms with Crippen LogP contribution in [-0.2, 0) is 4.79 Å². The van der Waals surface area contributed by atoms with Crippen LogP contribution < -0.4 is 11.2 Å². The van der Waals surface area contributed by atoms with Crippen molar-refractivity contribution < 1.29 is 14.8 Å². The van der Waals surface area contributed by atoms with Gasteiger partial charge < -0.3 is 10.8 Å². The molecule has 0 atom stereocenters. The third-order valence-corrected chi connectivity index (χ3v) is 2.24. The maximum atomic E-state index is 10.6. The number of hydrogen-bond donors (Lipinski definition) is 4. The molecule has 20 heavy (non-hydrogen) atoms. The number of halogens is 1. The van der Waals surface area contributed by atoms with Gasteiger partial charge >= 0.3 is 0 Å². The number of nitrogens with zero attached hydrogens (tertiary/aromatic N) is 2. The highest BCUT2D eigenvalue weighted by molar-refractivity contribution is 9.10. The monoisotopic (exact) mass is 345 g/mol. The van der Waals surface area contributed by atoms with E-state index in [-0.39, 0.29) is 11.6 Å². The molecule has 0 aliphatic rings. The van der Waals surface area contributed by atoms with Gasteiger partial charge in [0.1, 0.15) is 0 Å². The molecule has 0 saturated heterocycles. The standard InChI is InChI=1S/C8H8BrN5O2.C2H4O2/c9-6-2-1-5(3-7(6)14(15)16)4-12-13-8(10)11;1-2(3)4/h1-4H,(H4,10,11,13);1H3,(H,3,4)/b12-4+;. The van der Waals surface area contributed by atoms with E-state index in [0.717, 1.165) is 6.92 Å². The molecule has 0 spiro atoms. The number of nitrogens with one attached hydrogen (secondary N) is 2. The number of guanidine groups is 1. The summed E-state index contributed by atoms with van der Waals surface area (Å²) in [4.78, 5) is 19.1. The summed E-state index contributed by atoms with van der Waals surface area (Å²) in [5, 5.41) is 28.5. The Bertz CT molecular complexity index is 542. The van der Waals surface area contributed by atoms with Gasteiger partial charge in [-0.15, -0.1) is 0 Å². The number of nitrogens with two attached hydrogens (primary N) is 1. The van der Waals surface area contributed by atoms with E-state index >= 15 is 0 Å². The van der Waals surface area contributed by atoms with Crippen molar-refractivity contribution in [1.29, 1.82) is 5.41 Å². The number of carboxylic acids is 1. The van der Waals surface area contributed by atoms with E-state index in [1.165, 1.54) is 12.3 Å². The first kappa shape index (κ1) is 17.5. The summed E-state index contributed by atoms with van der Waals surface area (Å²) in [6.45, 7) is 1.08. The highest BCUT2D eigenvalue weighted by Gasteiger charge is 2.11. The van der Waals surface area contributed by atoms with E-state index in [2.05, 4.69) is 26.5 Å². The number of nitro groups is 1. The van der Waals surface area contributed by atoms with Crippen LogP contribution in [0.1, 0.15) is 12.5 Å². The summed E-state index contributed by atoms with van der Waals surface area (Å²) in [6, 6.07) is 4.55. The van der Waals surface area contributed by atoms with Gasteiger partial charge in [0, 0.05) is 18.6 Å². The van der Waals surface area contributed by atoms with E-state index in [1.54, 1.807) is 12.1 Å². The molecule has 0 radical (unpaired) electrons. The lowest BCUT2D eigenvalue weighted by Gasteiger charge is -1.97. The molecule has 1 aromatic carbocycles. The highest BCUT2D eigenvalue weighted by Crippen LogP contribution is 2.24. The van der Waals surface area contributed by atoms with Gasteiger partial charge in [-0.3, -0.25) is 20.3 Å². The molecule has 0 fully saturated rings. The van der Waals surface area contributed by atoms with E-state index in [0.29, 0.717) is 10.0 Å². The zero-order valence-electron chi connectivity index (χ0n) is 10.3. The SMILES string of the molecule is CC(=O)O.N=C(N)N/N=C/c1ccc(Br)c([N+](=O)[O-])c1. The molecule has 0 aliphatic heterocycles. The van der Waals surface area contributed by atoms with Crippen molar-refractivity contribution in [2.24, 2.45) is 10.8 Å². The van der Waals surface area contributed by atoms with Crippen molar-refractivity contribution in [3.05, 3.63) is 38.3 Å². The quantitative estimate of drug-likeness (QED) is 0.279. The highest BCUT2D eigenvalue weighted by atomic mass is 79.9. The summed E-state index contributed by atoms with van der Waals surface area (Å²) in [7, 11) is 0. The number of hydrazone groups is 1. The summed E-state index contributed by atoms with van der Waals surface area (Å²) in [5.74, 6) is -1.14. The van der Waals surface area contributed by atoms with Crippen molar-refractivity contribution >= 4 is 39.8 Å². The molecular weight excluding hydrogens is 334 g/mol. The maximum Gasteiger partial charge on any atom is 0.300 e. The smallest absolute Gasteiger partial charge is 0.300 e. The van der Waals surface area contributed by atoms with Crippen molar-refractivity contribution in [2.75, 3.05) is 0 Å². The normalized spacial score (nSPS) is 9.50. The average Bonchev–Trinajstić information content (AvgIpc) is 2.29. The van der Waals surface area contributed by atoms with E-state index < -0.39 is 10.9 Å². The lowest BCUT2D eigenvalue weighted by Crippen LogP contribution is -2.25. The molecule has 5 N–H and O–H groups in total. The van der Waals surface area contributed by atoms with Gasteiger partial charge in [0.25, 0.3) is 11.7 Å². The molecule has 9 nitrogen and oxygen atoms in total. The summed E-state index contributed by atoms with van der Waals surface area (Å²) in [5.41, 5.74) is 7.69. The lowest BCUT2D eigenvalue weighted by atomic mass is 10.2. The van der Waals surface area contributed by atoms with Crippen LogP contribution in [0.4, 0.5) is 5.69 Å². The molecule has 10 heteroatoms. The second kappa shape index (κ2) is 8.58. The van der Waals surface area contributed by atoms with Gasteiger partial charge in [0.05, 0.1) is 15.6 Å². The van der Waals surface area contributed by atoms with Crippen LogP contribution in [-0.4, -0.2) is 28.2 Å². The molecule has 0 aromatic heterocycles. The minimum Gasteiger partial charge on any atom is -0.481 e. The van der Waals surface area contributed by atoms with Crippen molar-refractivity contribution in [2.45, 2.75) is 6.92 Å². The average molecular weight is 346 g/mol. The molecule has 0 saturated carbocycles. The lowest BCUT2D eigenvalue weighted by molar-refractivity contribution is -0.385. The fourth-order valence-corrected chi connectivity index (χ4v) is 1.32. The topological polar surface area (TPSA) is 155 Å². The Hall–Kier alpha value is -2.49. The Labute approximate surface area is 122 Å². The van der Waals surface area contributed by atoms with E-state index in [4.69, 9.17) is 21.0 Å². The summed E-state index contributed by atoms with van der Waals surface area (Å²) < 4.78 is 0.397. The zero-order chi connectivity index (χ0) is 15.7. The molecule has 0 aliphatic carbocycles. The Morgan fingerprint density at radius 2 is 2.20 bits per heavy atom. The minimum atomic E-state index is -0.833. The Kier molecular flexibility index (Phi) is 7.52. The largest absolute Gasteiger partial charge is 0.481 e. The van der Waals surface area contributed by atoms with Crippen molar-refractivity contribution in [3.8, 4) is 0 Å². The molecule has 0 amide bonds. The fourth-order valence-electron chi connectivity index (χ4n) is 0.926. The second-order valence-corrected chi connectivity index (χ2v) is 4.12. The first-order chi connectivity index (χ1) is 9.23. The third-order valence-electron chi connectivity index (χ3n) is 1.57. The van der Waals surface area contributed by atoms with Gasteiger partial charge in [-0.25, -0.2) is 5.43 Å². The number of carboxylic acid groups (broad SMARTS) is 1. The molecule has 108 valence electrons. The van der Waals surface area contributed by atoms with Crippen LogP contribution in [0.5, 0.6) is 0 Å². The molecule has 0 bridgehead atoms. The third kappa shape index (κ3) is 7.76.